The third kappa shape index (κ3) is 5.61. The van der Waals surface area contributed by atoms with Crippen molar-refractivity contribution in [2.75, 3.05) is 26.8 Å². The SMILES string of the molecule is COc1ccc(OCC(=O)N2CC(C)N(Cc3ccc(F)cc3)CC2C)c(C(C)=O)c1. The average molecular weight is 429 g/mol. The number of nitrogens with zero attached hydrogens (tertiary/aromatic N) is 2. The fourth-order valence-electron chi connectivity index (χ4n) is 3.85. The molecule has 7 heteroatoms. The second kappa shape index (κ2) is 9.92. The number of halogens is 1. The molecule has 0 bridgehead atoms. The molecule has 0 spiro atoms. The molecule has 1 amide bonds. The summed E-state index contributed by atoms with van der Waals surface area (Å²) in [6.45, 7) is 7.40. The third-order valence-corrected chi connectivity index (χ3v) is 5.65. The second-order valence-corrected chi connectivity index (χ2v) is 8.01. The first kappa shape index (κ1) is 22.7. The largest absolute Gasteiger partial charge is 0.497 e. The third-order valence-electron chi connectivity index (χ3n) is 5.65. The summed E-state index contributed by atoms with van der Waals surface area (Å²) in [5.74, 6) is 0.412. The number of benzene rings is 2. The molecule has 166 valence electrons. The van der Waals surface area contributed by atoms with Gasteiger partial charge in [-0.2, -0.15) is 0 Å². The Balaban J connectivity index is 1.60. The summed E-state index contributed by atoms with van der Waals surface area (Å²) < 4.78 is 24.0. The first-order valence-corrected chi connectivity index (χ1v) is 10.4. The van der Waals surface area contributed by atoms with Crippen molar-refractivity contribution in [3.63, 3.8) is 0 Å². The van der Waals surface area contributed by atoms with Gasteiger partial charge in [0.05, 0.1) is 12.7 Å². The van der Waals surface area contributed by atoms with E-state index >= 15 is 0 Å². The molecule has 1 heterocycles. The highest BCUT2D eigenvalue weighted by atomic mass is 19.1. The van der Waals surface area contributed by atoms with Gasteiger partial charge in [-0.15, -0.1) is 0 Å². The Morgan fingerprint density at radius 1 is 1.06 bits per heavy atom. The van der Waals surface area contributed by atoms with Gasteiger partial charge in [0.1, 0.15) is 17.3 Å². The van der Waals surface area contributed by atoms with Gasteiger partial charge in [0.2, 0.25) is 0 Å². The smallest absolute Gasteiger partial charge is 0.260 e. The lowest BCUT2D eigenvalue weighted by atomic mass is 10.1. The lowest BCUT2D eigenvalue weighted by molar-refractivity contribution is -0.139. The number of carbonyl (C=O) groups excluding carboxylic acids is 2. The number of hydrogen-bond donors (Lipinski definition) is 0. The van der Waals surface area contributed by atoms with E-state index in [1.54, 1.807) is 30.3 Å². The van der Waals surface area contributed by atoms with Crippen LogP contribution in [0.25, 0.3) is 0 Å². The fourth-order valence-corrected chi connectivity index (χ4v) is 3.85. The minimum atomic E-state index is -0.245. The van der Waals surface area contributed by atoms with Gasteiger partial charge in [0.25, 0.3) is 5.91 Å². The van der Waals surface area contributed by atoms with Gasteiger partial charge in [-0.05, 0) is 56.7 Å². The number of amides is 1. The molecule has 2 unspecified atom stereocenters. The molecule has 0 saturated carbocycles. The molecule has 0 N–H and O–H groups in total. The zero-order chi connectivity index (χ0) is 22.5. The molecule has 31 heavy (non-hydrogen) atoms. The highest BCUT2D eigenvalue weighted by Crippen LogP contribution is 2.25. The van der Waals surface area contributed by atoms with Gasteiger partial charge < -0.3 is 14.4 Å². The van der Waals surface area contributed by atoms with E-state index in [-0.39, 0.29) is 36.2 Å². The average Bonchev–Trinajstić information content (AvgIpc) is 2.75. The predicted molar refractivity (Wildman–Crippen MR) is 116 cm³/mol. The number of Topliss-reactive ketones (excluding diaryl/α,β-unsaturated/α-hetero) is 1. The van der Waals surface area contributed by atoms with E-state index in [1.807, 2.05) is 11.8 Å². The lowest BCUT2D eigenvalue weighted by Gasteiger charge is -2.44. The van der Waals surface area contributed by atoms with Crippen molar-refractivity contribution in [3.8, 4) is 11.5 Å². The summed E-state index contributed by atoms with van der Waals surface area (Å²) in [7, 11) is 1.53. The van der Waals surface area contributed by atoms with Gasteiger partial charge in [-0.1, -0.05) is 12.1 Å². The number of hydrogen-bond acceptors (Lipinski definition) is 5. The van der Waals surface area contributed by atoms with Gasteiger partial charge in [-0.3, -0.25) is 14.5 Å². The van der Waals surface area contributed by atoms with E-state index in [2.05, 4.69) is 11.8 Å². The monoisotopic (exact) mass is 428 g/mol. The molecular weight excluding hydrogens is 399 g/mol. The summed E-state index contributed by atoms with van der Waals surface area (Å²) in [4.78, 5) is 28.9. The first-order valence-electron chi connectivity index (χ1n) is 10.4. The Morgan fingerprint density at radius 3 is 2.42 bits per heavy atom. The summed E-state index contributed by atoms with van der Waals surface area (Å²) in [5, 5.41) is 0. The molecule has 2 aromatic rings. The van der Waals surface area contributed by atoms with Gasteiger partial charge >= 0.3 is 0 Å². The first-order chi connectivity index (χ1) is 14.8. The summed E-state index contributed by atoms with van der Waals surface area (Å²) in [6, 6.07) is 11.6. The molecule has 0 radical (unpaired) electrons. The quantitative estimate of drug-likeness (QED) is 0.632. The molecule has 2 atom stereocenters. The highest BCUT2D eigenvalue weighted by molar-refractivity contribution is 5.97. The zero-order valence-electron chi connectivity index (χ0n) is 18.4. The maximum Gasteiger partial charge on any atom is 0.260 e. The van der Waals surface area contributed by atoms with Crippen LogP contribution in [-0.4, -0.2) is 60.4 Å². The number of piperazine rings is 1. The van der Waals surface area contributed by atoms with Crippen molar-refractivity contribution < 1.29 is 23.5 Å². The van der Waals surface area contributed by atoms with E-state index in [1.165, 1.54) is 26.2 Å². The van der Waals surface area contributed by atoms with Crippen LogP contribution in [0.15, 0.2) is 42.5 Å². The molecule has 0 aliphatic carbocycles. The Hall–Kier alpha value is -2.93. The molecule has 1 saturated heterocycles. The number of ketones is 1. The van der Waals surface area contributed by atoms with Crippen LogP contribution in [-0.2, 0) is 11.3 Å². The normalized spacial score (nSPS) is 19.2. The minimum absolute atomic E-state index is 0.0101. The van der Waals surface area contributed by atoms with E-state index in [0.29, 0.717) is 36.7 Å². The topological polar surface area (TPSA) is 59.1 Å². The molecule has 0 aromatic heterocycles. The van der Waals surface area contributed by atoms with E-state index in [4.69, 9.17) is 9.47 Å². The van der Waals surface area contributed by atoms with Gasteiger partial charge in [0, 0.05) is 31.7 Å². The Morgan fingerprint density at radius 2 is 1.77 bits per heavy atom. The molecular formula is C24H29FN2O4. The van der Waals surface area contributed by atoms with Crippen molar-refractivity contribution in [2.45, 2.75) is 39.4 Å². The van der Waals surface area contributed by atoms with E-state index in [0.717, 1.165) is 5.56 Å². The van der Waals surface area contributed by atoms with Crippen LogP contribution < -0.4 is 9.47 Å². The predicted octanol–water partition coefficient (Wildman–Crippen LogP) is 3.54. The number of ether oxygens (including phenoxy) is 2. The van der Waals surface area contributed by atoms with Crippen LogP contribution >= 0.6 is 0 Å². The van der Waals surface area contributed by atoms with Crippen LogP contribution in [0.5, 0.6) is 11.5 Å². The minimum Gasteiger partial charge on any atom is -0.497 e. The molecule has 1 aliphatic heterocycles. The fraction of sp³-hybridized carbons (Fsp3) is 0.417. The number of rotatable bonds is 7. The molecule has 2 aromatic carbocycles. The highest BCUT2D eigenvalue weighted by Gasteiger charge is 2.32. The van der Waals surface area contributed by atoms with Gasteiger partial charge in [-0.25, -0.2) is 4.39 Å². The van der Waals surface area contributed by atoms with E-state index in [9.17, 15) is 14.0 Å². The van der Waals surface area contributed by atoms with Crippen LogP contribution in [0, 0.1) is 5.82 Å². The van der Waals surface area contributed by atoms with Crippen LogP contribution in [0.2, 0.25) is 0 Å². The maximum absolute atomic E-state index is 13.2. The van der Waals surface area contributed by atoms with Gasteiger partial charge in [0.15, 0.2) is 12.4 Å². The van der Waals surface area contributed by atoms with Crippen molar-refractivity contribution in [3.05, 3.63) is 59.4 Å². The van der Waals surface area contributed by atoms with E-state index < -0.39 is 0 Å². The number of carbonyl (C=O) groups is 2. The molecule has 6 nitrogen and oxygen atoms in total. The molecule has 1 fully saturated rings. The van der Waals surface area contributed by atoms with Crippen molar-refractivity contribution in [1.82, 2.24) is 9.80 Å². The molecule has 1 aliphatic rings. The number of methoxy groups -OCH3 is 1. The lowest BCUT2D eigenvalue weighted by Crippen LogP contribution is -2.58. The maximum atomic E-state index is 13.2. The second-order valence-electron chi connectivity index (χ2n) is 8.01. The standard InChI is InChI=1S/C24H29FN2O4/c1-16-13-27(17(2)12-26(16)14-19-5-7-20(25)8-6-19)24(29)15-31-23-10-9-21(30-4)11-22(23)18(3)28/h5-11,16-17H,12-15H2,1-4H3. The Kier molecular flexibility index (Phi) is 7.28. The Bertz CT molecular complexity index is 932. The summed E-state index contributed by atoms with van der Waals surface area (Å²) >= 11 is 0. The van der Waals surface area contributed by atoms with Crippen molar-refractivity contribution >= 4 is 11.7 Å². The van der Waals surface area contributed by atoms with Crippen LogP contribution in [0.4, 0.5) is 4.39 Å². The van der Waals surface area contributed by atoms with Crippen molar-refractivity contribution in [1.29, 1.82) is 0 Å². The zero-order valence-corrected chi connectivity index (χ0v) is 18.4. The Labute approximate surface area is 182 Å². The molecule has 3 rings (SSSR count). The van der Waals surface area contributed by atoms with Crippen molar-refractivity contribution in [2.24, 2.45) is 0 Å². The summed E-state index contributed by atoms with van der Waals surface area (Å²) in [5.41, 5.74) is 1.43. The summed E-state index contributed by atoms with van der Waals surface area (Å²) in [6.07, 6.45) is 0. The van der Waals surface area contributed by atoms with Crippen LogP contribution in [0.3, 0.4) is 0 Å². The van der Waals surface area contributed by atoms with Crippen LogP contribution in [0.1, 0.15) is 36.7 Å².